The fourth-order valence-corrected chi connectivity index (χ4v) is 2.34. The van der Waals surface area contributed by atoms with Gasteiger partial charge in [-0.3, -0.25) is 14.4 Å². The van der Waals surface area contributed by atoms with Crippen LogP contribution in [0.15, 0.2) is 53.0 Å². The Balaban J connectivity index is 1.83. The average molecular weight is 389 g/mol. The molecule has 0 aromatic heterocycles. The van der Waals surface area contributed by atoms with Crippen LogP contribution in [-0.2, 0) is 9.59 Å². The minimum Gasteiger partial charge on any atom is -0.326 e. The summed E-state index contributed by atoms with van der Waals surface area (Å²) in [5.74, 6) is -0.454. The predicted octanol–water partition coefficient (Wildman–Crippen LogP) is 4.01. The number of hydrogen-bond acceptors (Lipinski definition) is 3. The Bertz CT molecular complexity index is 740. The molecule has 2 rings (SSSR count). The van der Waals surface area contributed by atoms with Crippen LogP contribution in [0.1, 0.15) is 30.1 Å². The van der Waals surface area contributed by atoms with Crippen molar-refractivity contribution in [1.29, 1.82) is 0 Å². The number of ketones is 1. The quantitative estimate of drug-likeness (QED) is 0.734. The van der Waals surface area contributed by atoms with Crippen molar-refractivity contribution in [3.05, 3.63) is 58.6 Å². The minimum absolute atomic E-state index is 0.0707. The van der Waals surface area contributed by atoms with Gasteiger partial charge in [-0.1, -0.05) is 28.1 Å². The van der Waals surface area contributed by atoms with E-state index in [1.807, 2.05) is 0 Å². The second kappa shape index (κ2) is 8.40. The summed E-state index contributed by atoms with van der Waals surface area (Å²) in [6, 6.07) is 13.8. The van der Waals surface area contributed by atoms with E-state index < -0.39 is 0 Å². The molecule has 0 spiro atoms. The zero-order valence-corrected chi connectivity index (χ0v) is 14.7. The van der Waals surface area contributed by atoms with Crippen LogP contribution in [0.2, 0.25) is 0 Å². The van der Waals surface area contributed by atoms with Crippen molar-refractivity contribution in [2.75, 3.05) is 10.6 Å². The number of amides is 2. The Labute approximate surface area is 148 Å². The molecule has 0 saturated carbocycles. The molecule has 2 amide bonds. The first-order valence-corrected chi connectivity index (χ1v) is 8.19. The molecule has 0 unspecified atom stereocenters. The highest BCUT2D eigenvalue weighted by Crippen LogP contribution is 2.15. The number of Topliss-reactive ketones (excluding diaryl/α,β-unsaturated/α-hetero) is 1. The van der Waals surface area contributed by atoms with E-state index in [9.17, 15) is 14.4 Å². The Hall–Kier alpha value is -2.47. The van der Waals surface area contributed by atoms with Gasteiger partial charge in [-0.25, -0.2) is 0 Å². The Morgan fingerprint density at radius 1 is 0.833 bits per heavy atom. The van der Waals surface area contributed by atoms with E-state index in [1.54, 1.807) is 48.5 Å². The van der Waals surface area contributed by atoms with E-state index >= 15 is 0 Å². The van der Waals surface area contributed by atoms with Crippen molar-refractivity contribution in [3.8, 4) is 0 Å². The van der Waals surface area contributed by atoms with Crippen LogP contribution >= 0.6 is 15.9 Å². The zero-order valence-electron chi connectivity index (χ0n) is 13.1. The van der Waals surface area contributed by atoms with Gasteiger partial charge in [-0.15, -0.1) is 0 Å². The van der Waals surface area contributed by atoms with Gasteiger partial charge in [0.2, 0.25) is 11.8 Å². The summed E-state index contributed by atoms with van der Waals surface area (Å²) in [4.78, 5) is 34.9. The van der Waals surface area contributed by atoms with Crippen LogP contribution in [0.25, 0.3) is 0 Å². The number of hydrogen-bond donors (Lipinski definition) is 2. The molecule has 2 aromatic carbocycles. The van der Waals surface area contributed by atoms with Crippen LogP contribution in [0.3, 0.4) is 0 Å². The maximum atomic E-state index is 12.0. The van der Waals surface area contributed by atoms with Gasteiger partial charge in [0.25, 0.3) is 0 Å². The van der Waals surface area contributed by atoms with Gasteiger partial charge in [0.1, 0.15) is 0 Å². The van der Waals surface area contributed by atoms with Crippen molar-refractivity contribution in [2.45, 2.75) is 19.8 Å². The van der Waals surface area contributed by atoms with Crippen molar-refractivity contribution >= 4 is 44.9 Å². The molecular weight excluding hydrogens is 372 g/mol. The van der Waals surface area contributed by atoms with Gasteiger partial charge in [-0.05, 0) is 36.4 Å². The van der Waals surface area contributed by atoms with Crippen LogP contribution in [0.5, 0.6) is 0 Å². The van der Waals surface area contributed by atoms with E-state index in [1.165, 1.54) is 6.92 Å². The molecule has 0 fully saturated rings. The van der Waals surface area contributed by atoms with Gasteiger partial charge < -0.3 is 10.6 Å². The Morgan fingerprint density at radius 2 is 1.38 bits per heavy atom. The average Bonchev–Trinajstić information content (AvgIpc) is 2.54. The largest absolute Gasteiger partial charge is 0.326 e. The van der Waals surface area contributed by atoms with Crippen molar-refractivity contribution in [3.63, 3.8) is 0 Å². The van der Waals surface area contributed by atoms with Gasteiger partial charge >= 0.3 is 0 Å². The molecule has 0 atom stereocenters. The zero-order chi connectivity index (χ0) is 17.5. The lowest BCUT2D eigenvalue weighted by molar-refractivity contribution is -0.116. The first kappa shape index (κ1) is 17.9. The summed E-state index contributed by atoms with van der Waals surface area (Å²) in [7, 11) is 0. The fraction of sp³-hybridized carbons (Fsp3) is 0.167. The molecule has 0 aliphatic heterocycles. The van der Waals surface area contributed by atoms with Crippen LogP contribution < -0.4 is 10.6 Å². The highest BCUT2D eigenvalue weighted by molar-refractivity contribution is 9.10. The van der Waals surface area contributed by atoms with E-state index in [4.69, 9.17) is 0 Å². The predicted molar refractivity (Wildman–Crippen MR) is 97.1 cm³/mol. The number of carbonyl (C=O) groups excluding carboxylic acids is 3. The number of benzene rings is 2. The van der Waals surface area contributed by atoms with Gasteiger partial charge in [-0.2, -0.15) is 0 Å². The van der Waals surface area contributed by atoms with E-state index in [0.717, 1.165) is 4.47 Å². The molecule has 0 heterocycles. The normalized spacial score (nSPS) is 10.1. The van der Waals surface area contributed by atoms with Crippen LogP contribution in [0.4, 0.5) is 11.4 Å². The second-order valence-corrected chi connectivity index (χ2v) is 6.15. The fourth-order valence-electron chi connectivity index (χ4n) is 2.07. The summed E-state index contributed by atoms with van der Waals surface area (Å²) in [5, 5.41) is 5.37. The maximum Gasteiger partial charge on any atom is 0.224 e. The molecule has 0 bridgehead atoms. The standard InChI is InChI=1S/C18H17BrN2O3/c1-12(22)20-15-6-8-16(9-7-15)21-18(24)11-10-17(23)13-2-4-14(19)5-3-13/h2-9H,10-11H2,1H3,(H,20,22)(H,21,24). The SMILES string of the molecule is CC(=O)Nc1ccc(NC(=O)CCC(=O)c2ccc(Br)cc2)cc1. The van der Waals surface area contributed by atoms with Crippen LogP contribution in [-0.4, -0.2) is 17.6 Å². The van der Waals surface area contributed by atoms with E-state index in [2.05, 4.69) is 26.6 Å². The van der Waals surface area contributed by atoms with Crippen LogP contribution in [0, 0.1) is 0 Å². The molecule has 0 aliphatic carbocycles. The lowest BCUT2D eigenvalue weighted by atomic mass is 10.1. The van der Waals surface area contributed by atoms with E-state index in [0.29, 0.717) is 16.9 Å². The molecule has 6 heteroatoms. The third-order valence-electron chi connectivity index (χ3n) is 3.23. The topological polar surface area (TPSA) is 75.3 Å². The van der Waals surface area contributed by atoms with Crippen molar-refractivity contribution in [2.24, 2.45) is 0 Å². The molecule has 2 aromatic rings. The summed E-state index contributed by atoms with van der Waals surface area (Å²) in [6.07, 6.45) is 0.264. The second-order valence-electron chi connectivity index (χ2n) is 5.24. The smallest absolute Gasteiger partial charge is 0.224 e. The monoisotopic (exact) mass is 388 g/mol. The van der Waals surface area contributed by atoms with E-state index in [-0.39, 0.29) is 30.4 Å². The molecule has 2 N–H and O–H groups in total. The third kappa shape index (κ3) is 5.62. The van der Waals surface area contributed by atoms with Crippen molar-refractivity contribution in [1.82, 2.24) is 0 Å². The van der Waals surface area contributed by atoms with Gasteiger partial charge in [0.15, 0.2) is 5.78 Å². The number of carbonyl (C=O) groups is 3. The summed E-state index contributed by atoms with van der Waals surface area (Å²) in [6.45, 7) is 1.43. The highest BCUT2D eigenvalue weighted by Gasteiger charge is 2.09. The number of halogens is 1. The summed E-state index contributed by atoms with van der Waals surface area (Å²) < 4.78 is 0.902. The molecule has 0 radical (unpaired) electrons. The Kier molecular flexibility index (Phi) is 6.26. The lowest BCUT2D eigenvalue weighted by Crippen LogP contribution is -2.13. The number of anilines is 2. The molecule has 24 heavy (non-hydrogen) atoms. The summed E-state index contributed by atoms with van der Waals surface area (Å²) in [5.41, 5.74) is 1.86. The molecule has 0 aliphatic rings. The molecule has 0 saturated heterocycles. The minimum atomic E-state index is -0.229. The summed E-state index contributed by atoms with van der Waals surface area (Å²) >= 11 is 3.31. The maximum absolute atomic E-state index is 12.0. The van der Waals surface area contributed by atoms with Gasteiger partial charge in [0, 0.05) is 41.2 Å². The van der Waals surface area contributed by atoms with Gasteiger partial charge in [0.05, 0.1) is 0 Å². The number of rotatable bonds is 6. The highest BCUT2D eigenvalue weighted by atomic mass is 79.9. The third-order valence-corrected chi connectivity index (χ3v) is 3.76. The lowest BCUT2D eigenvalue weighted by Gasteiger charge is -2.07. The molecular formula is C18H17BrN2O3. The first-order valence-electron chi connectivity index (χ1n) is 7.40. The first-order chi connectivity index (χ1) is 11.4. The molecule has 124 valence electrons. The Morgan fingerprint density at radius 3 is 1.92 bits per heavy atom. The van der Waals surface area contributed by atoms with Crippen molar-refractivity contribution < 1.29 is 14.4 Å². The number of nitrogens with one attached hydrogen (secondary N) is 2. The molecule has 5 nitrogen and oxygen atoms in total.